The predicted octanol–water partition coefficient (Wildman–Crippen LogP) is 3.34. The fraction of sp³-hybridized carbons (Fsp3) is 0.500. The van der Waals surface area contributed by atoms with Crippen molar-refractivity contribution in [3.05, 3.63) is 29.3 Å². The minimum atomic E-state index is -4.41. The molecule has 5 heteroatoms. The molecule has 0 aliphatic heterocycles. The molecule has 1 aromatic carbocycles. The van der Waals surface area contributed by atoms with Crippen LogP contribution in [0.1, 0.15) is 30.9 Å². The molecule has 0 saturated heterocycles. The van der Waals surface area contributed by atoms with E-state index < -0.39 is 11.7 Å². The van der Waals surface area contributed by atoms with Crippen LogP contribution in [-0.2, 0) is 12.7 Å². The normalized spacial score (nSPS) is 11.6. The fourth-order valence-electron chi connectivity index (χ4n) is 1.38. The van der Waals surface area contributed by atoms with E-state index in [1.807, 2.05) is 6.92 Å². The Labute approximate surface area is 98.6 Å². The lowest BCUT2D eigenvalue weighted by Crippen LogP contribution is -2.11. The second-order valence-corrected chi connectivity index (χ2v) is 3.73. The standard InChI is InChI=1S/C12H16F3NO/c1-2-3-6-17-11-5-4-9(8-16)7-10(11)12(13,14)15/h4-5,7H,2-3,6,8,16H2,1H3. The number of halogens is 3. The van der Waals surface area contributed by atoms with Crippen LogP contribution in [0, 0.1) is 0 Å². The number of alkyl halides is 3. The van der Waals surface area contributed by atoms with E-state index in [9.17, 15) is 13.2 Å². The second-order valence-electron chi connectivity index (χ2n) is 3.73. The maximum atomic E-state index is 12.8. The summed E-state index contributed by atoms with van der Waals surface area (Å²) in [6.45, 7) is 2.32. The molecular weight excluding hydrogens is 231 g/mol. The molecule has 0 radical (unpaired) electrons. The highest BCUT2D eigenvalue weighted by atomic mass is 19.4. The molecule has 0 unspecified atom stereocenters. The van der Waals surface area contributed by atoms with E-state index in [-0.39, 0.29) is 12.3 Å². The first-order chi connectivity index (χ1) is 7.99. The van der Waals surface area contributed by atoms with Crippen molar-refractivity contribution in [1.82, 2.24) is 0 Å². The molecule has 0 amide bonds. The molecule has 17 heavy (non-hydrogen) atoms. The molecule has 0 saturated carbocycles. The first-order valence-corrected chi connectivity index (χ1v) is 5.52. The third-order valence-corrected chi connectivity index (χ3v) is 2.34. The van der Waals surface area contributed by atoms with Crippen molar-refractivity contribution in [2.75, 3.05) is 6.61 Å². The maximum Gasteiger partial charge on any atom is 0.419 e. The lowest BCUT2D eigenvalue weighted by atomic mass is 10.1. The van der Waals surface area contributed by atoms with Gasteiger partial charge in [0.05, 0.1) is 12.2 Å². The second kappa shape index (κ2) is 5.91. The van der Waals surface area contributed by atoms with Crippen LogP contribution in [0.5, 0.6) is 5.75 Å². The summed E-state index contributed by atoms with van der Waals surface area (Å²) in [7, 11) is 0. The van der Waals surface area contributed by atoms with Gasteiger partial charge in [0.15, 0.2) is 0 Å². The molecule has 0 aliphatic rings. The van der Waals surface area contributed by atoms with E-state index in [2.05, 4.69) is 0 Å². The third kappa shape index (κ3) is 3.93. The Bertz CT molecular complexity index is 363. The largest absolute Gasteiger partial charge is 0.493 e. The molecule has 1 aromatic rings. The number of unbranched alkanes of at least 4 members (excludes halogenated alkanes) is 1. The molecule has 0 atom stereocenters. The average molecular weight is 247 g/mol. The average Bonchev–Trinajstić information content (AvgIpc) is 2.28. The van der Waals surface area contributed by atoms with Crippen LogP contribution in [0.2, 0.25) is 0 Å². The maximum absolute atomic E-state index is 12.8. The molecule has 0 aliphatic carbocycles. The van der Waals surface area contributed by atoms with Gasteiger partial charge in [-0.05, 0) is 24.1 Å². The van der Waals surface area contributed by atoms with Gasteiger partial charge in [0.25, 0.3) is 0 Å². The summed E-state index contributed by atoms with van der Waals surface area (Å²) >= 11 is 0. The summed E-state index contributed by atoms with van der Waals surface area (Å²) in [5.74, 6) is -0.122. The lowest BCUT2D eigenvalue weighted by Gasteiger charge is -2.14. The molecule has 0 fully saturated rings. The number of nitrogens with two attached hydrogens (primary N) is 1. The van der Waals surface area contributed by atoms with Gasteiger partial charge in [-0.1, -0.05) is 19.4 Å². The van der Waals surface area contributed by atoms with Crippen molar-refractivity contribution in [3.8, 4) is 5.75 Å². The Kier molecular flexibility index (Phi) is 4.81. The van der Waals surface area contributed by atoms with Crippen molar-refractivity contribution in [3.63, 3.8) is 0 Å². The number of benzene rings is 1. The number of hydrogen-bond donors (Lipinski definition) is 1. The molecule has 0 heterocycles. The van der Waals surface area contributed by atoms with Crippen LogP contribution in [0.4, 0.5) is 13.2 Å². The fourth-order valence-corrected chi connectivity index (χ4v) is 1.38. The molecule has 2 N–H and O–H groups in total. The number of rotatable bonds is 5. The highest BCUT2D eigenvalue weighted by Gasteiger charge is 2.34. The minimum absolute atomic E-state index is 0.0817. The molecule has 2 nitrogen and oxygen atoms in total. The van der Waals surface area contributed by atoms with Crippen LogP contribution >= 0.6 is 0 Å². The van der Waals surface area contributed by atoms with E-state index >= 15 is 0 Å². The van der Waals surface area contributed by atoms with Gasteiger partial charge in [0, 0.05) is 6.54 Å². The number of ether oxygens (including phenoxy) is 1. The van der Waals surface area contributed by atoms with Crippen molar-refractivity contribution in [2.45, 2.75) is 32.5 Å². The summed E-state index contributed by atoms with van der Waals surface area (Å²) in [6, 6.07) is 3.93. The van der Waals surface area contributed by atoms with E-state index in [0.29, 0.717) is 12.2 Å². The van der Waals surface area contributed by atoms with Crippen LogP contribution in [0.15, 0.2) is 18.2 Å². The van der Waals surface area contributed by atoms with Crippen molar-refractivity contribution in [1.29, 1.82) is 0 Å². The lowest BCUT2D eigenvalue weighted by molar-refractivity contribution is -0.139. The van der Waals surface area contributed by atoms with Crippen LogP contribution < -0.4 is 10.5 Å². The topological polar surface area (TPSA) is 35.2 Å². The van der Waals surface area contributed by atoms with E-state index in [4.69, 9.17) is 10.5 Å². The van der Waals surface area contributed by atoms with Gasteiger partial charge in [-0.2, -0.15) is 13.2 Å². The summed E-state index contributed by atoms with van der Waals surface area (Å²) in [4.78, 5) is 0. The van der Waals surface area contributed by atoms with Gasteiger partial charge < -0.3 is 10.5 Å². The smallest absolute Gasteiger partial charge is 0.419 e. The highest BCUT2D eigenvalue weighted by Crippen LogP contribution is 2.36. The first-order valence-electron chi connectivity index (χ1n) is 5.52. The molecule has 0 aromatic heterocycles. The number of hydrogen-bond acceptors (Lipinski definition) is 2. The monoisotopic (exact) mass is 247 g/mol. The van der Waals surface area contributed by atoms with E-state index in [0.717, 1.165) is 18.9 Å². The highest BCUT2D eigenvalue weighted by molar-refractivity contribution is 5.39. The van der Waals surface area contributed by atoms with Crippen molar-refractivity contribution < 1.29 is 17.9 Å². The van der Waals surface area contributed by atoms with Gasteiger partial charge in [-0.25, -0.2) is 0 Å². The minimum Gasteiger partial charge on any atom is -0.493 e. The Morgan fingerprint density at radius 1 is 1.29 bits per heavy atom. The molecule has 96 valence electrons. The quantitative estimate of drug-likeness (QED) is 0.810. The SMILES string of the molecule is CCCCOc1ccc(CN)cc1C(F)(F)F. The summed E-state index contributed by atoms with van der Waals surface area (Å²) < 4.78 is 43.4. The van der Waals surface area contributed by atoms with Crippen molar-refractivity contribution >= 4 is 0 Å². The van der Waals surface area contributed by atoms with Crippen LogP contribution in [0.3, 0.4) is 0 Å². The Balaban J connectivity index is 2.95. The zero-order valence-electron chi connectivity index (χ0n) is 9.68. The Morgan fingerprint density at radius 3 is 2.53 bits per heavy atom. The van der Waals surface area contributed by atoms with Gasteiger partial charge in [0.2, 0.25) is 0 Å². The van der Waals surface area contributed by atoms with Crippen LogP contribution in [0.25, 0.3) is 0 Å². The van der Waals surface area contributed by atoms with Crippen molar-refractivity contribution in [2.24, 2.45) is 5.73 Å². The van der Waals surface area contributed by atoms with Gasteiger partial charge in [0.1, 0.15) is 5.75 Å². The third-order valence-electron chi connectivity index (χ3n) is 2.34. The zero-order valence-corrected chi connectivity index (χ0v) is 9.68. The first kappa shape index (κ1) is 13.8. The molecular formula is C12H16F3NO. The molecule has 1 rings (SSSR count). The summed E-state index contributed by atoms with van der Waals surface area (Å²) in [5.41, 5.74) is 5.02. The summed E-state index contributed by atoms with van der Waals surface area (Å²) in [6.07, 6.45) is -2.80. The van der Waals surface area contributed by atoms with E-state index in [1.54, 1.807) is 6.07 Å². The van der Waals surface area contributed by atoms with Crippen LogP contribution in [-0.4, -0.2) is 6.61 Å². The molecule has 0 bridgehead atoms. The Morgan fingerprint density at radius 2 is 2.00 bits per heavy atom. The van der Waals surface area contributed by atoms with Gasteiger partial charge in [-0.15, -0.1) is 0 Å². The zero-order chi connectivity index (χ0) is 12.9. The van der Waals surface area contributed by atoms with Gasteiger partial charge in [-0.3, -0.25) is 0 Å². The van der Waals surface area contributed by atoms with Gasteiger partial charge >= 0.3 is 6.18 Å². The van der Waals surface area contributed by atoms with E-state index in [1.165, 1.54) is 6.07 Å². The molecule has 0 spiro atoms. The summed E-state index contributed by atoms with van der Waals surface area (Å²) in [5, 5.41) is 0. The predicted molar refractivity (Wildman–Crippen MR) is 59.7 cm³/mol. The Hall–Kier alpha value is -1.23.